The Morgan fingerprint density at radius 3 is 2.74 bits per heavy atom. The van der Waals surface area contributed by atoms with Crippen LogP contribution in [0.1, 0.15) is 41.6 Å². The van der Waals surface area contributed by atoms with Gasteiger partial charge in [0.2, 0.25) is 5.78 Å². The molecule has 19 heavy (non-hydrogen) atoms. The van der Waals surface area contributed by atoms with Crippen molar-refractivity contribution in [1.29, 1.82) is 0 Å². The normalized spacial score (nSPS) is 18.2. The van der Waals surface area contributed by atoms with Crippen molar-refractivity contribution >= 4 is 11.6 Å². The number of fused-ring (bicyclic) bond motifs is 1. The van der Waals surface area contributed by atoms with Crippen LogP contribution in [0, 0.1) is 0 Å². The van der Waals surface area contributed by atoms with Gasteiger partial charge in [-0.15, -0.1) is 6.58 Å². The maximum Gasteiger partial charge on any atom is 0.228 e. The van der Waals surface area contributed by atoms with E-state index in [-0.39, 0.29) is 23.7 Å². The number of rotatable bonds is 4. The Morgan fingerprint density at radius 2 is 2.11 bits per heavy atom. The van der Waals surface area contributed by atoms with E-state index < -0.39 is 11.5 Å². The Hall–Kier alpha value is -2.16. The van der Waals surface area contributed by atoms with Crippen molar-refractivity contribution in [3.8, 4) is 0 Å². The number of hydrogen-bond acceptors (Lipinski definition) is 3. The monoisotopic (exact) mass is 256 g/mol. The Balaban J connectivity index is 2.65. The van der Waals surface area contributed by atoms with Crippen LogP contribution >= 0.6 is 0 Å². The van der Waals surface area contributed by atoms with E-state index >= 15 is 0 Å². The molecule has 1 N–H and O–H groups in total. The topological polar surface area (TPSA) is 54.4 Å². The quantitative estimate of drug-likeness (QED) is 0.841. The van der Waals surface area contributed by atoms with E-state index in [1.807, 2.05) is 12.1 Å². The Bertz CT molecular complexity index is 581. The number of carbonyl (C=O) groups is 2. The van der Waals surface area contributed by atoms with Crippen LogP contribution in [0.25, 0.3) is 0 Å². The molecule has 1 atom stereocenters. The molecule has 1 unspecified atom stereocenters. The van der Waals surface area contributed by atoms with Crippen LogP contribution in [0.4, 0.5) is 0 Å². The number of Topliss-reactive ketones (excluding diaryl/α,β-unsaturated/α-hetero) is 2. The minimum absolute atomic E-state index is 0.188. The van der Waals surface area contributed by atoms with Crippen molar-refractivity contribution in [3.05, 3.63) is 59.4 Å². The van der Waals surface area contributed by atoms with Crippen molar-refractivity contribution < 1.29 is 14.7 Å². The minimum atomic E-state index is -0.465. The van der Waals surface area contributed by atoms with Crippen LogP contribution in [0.2, 0.25) is 0 Å². The first-order valence-electron chi connectivity index (χ1n) is 6.32. The van der Waals surface area contributed by atoms with Crippen molar-refractivity contribution in [3.63, 3.8) is 0 Å². The molecule has 0 bridgehead atoms. The third-order valence-electron chi connectivity index (χ3n) is 3.42. The van der Waals surface area contributed by atoms with Gasteiger partial charge >= 0.3 is 0 Å². The molecule has 0 heterocycles. The van der Waals surface area contributed by atoms with Gasteiger partial charge in [0.05, 0.1) is 0 Å². The summed E-state index contributed by atoms with van der Waals surface area (Å²) in [5.74, 6) is -1.34. The van der Waals surface area contributed by atoms with Gasteiger partial charge in [-0.3, -0.25) is 9.59 Å². The fourth-order valence-electron chi connectivity index (χ4n) is 2.51. The summed E-state index contributed by atoms with van der Waals surface area (Å²) in [5, 5.41) is 10.1. The highest BCUT2D eigenvalue weighted by molar-refractivity contribution is 6.15. The molecule has 2 rings (SSSR count). The predicted octanol–water partition coefficient (Wildman–Crippen LogP) is 3.33. The first-order chi connectivity index (χ1) is 9.11. The maximum absolute atomic E-state index is 12.1. The first-order valence-corrected chi connectivity index (χ1v) is 6.32. The van der Waals surface area contributed by atoms with Crippen LogP contribution in [-0.4, -0.2) is 16.7 Å². The highest BCUT2D eigenvalue weighted by atomic mass is 16.3. The van der Waals surface area contributed by atoms with Crippen molar-refractivity contribution in [2.24, 2.45) is 0 Å². The summed E-state index contributed by atoms with van der Waals surface area (Å²) in [4.78, 5) is 24.1. The van der Waals surface area contributed by atoms with Crippen molar-refractivity contribution in [1.82, 2.24) is 0 Å². The molecule has 1 aromatic rings. The minimum Gasteiger partial charge on any atom is -0.504 e. The van der Waals surface area contributed by atoms with Crippen LogP contribution < -0.4 is 0 Å². The van der Waals surface area contributed by atoms with E-state index in [0.717, 1.165) is 5.56 Å². The molecule has 0 aromatic heterocycles. The van der Waals surface area contributed by atoms with E-state index in [1.54, 1.807) is 25.1 Å². The lowest BCUT2D eigenvalue weighted by molar-refractivity contribution is -0.115. The van der Waals surface area contributed by atoms with Gasteiger partial charge in [0, 0.05) is 23.5 Å². The molecular formula is C16H16O3. The van der Waals surface area contributed by atoms with Crippen LogP contribution in [0.15, 0.2) is 48.3 Å². The van der Waals surface area contributed by atoms with Gasteiger partial charge in [-0.2, -0.15) is 0 Å². The second kappa shape index (κ2) is 5.22. The summed E-state index contributed by atoms with van der Waals surface area (Å²) in [6, 6.07) is 7.09. The van der Waals surface area contributed by atoms with Crippen molar-refractivity contribution in [2.75, 3.05) is 0 Å². The summed E-state index contributed by atoms with van der Waals surface area (Å²) in [6.07, 6.45) is 2.49. The number of carbonyl (C=O) groups excluding carboxylic acids is 2. The zero-order valence-corrected chi connectivity index (χ0v) is 10.8. The van der Waals surface area contributed by atoms with Gasteiger partial charge in [0.1, 0.15) is 0 Å². The lowest BCUT2D eigenvalue weighted by atomic mass is 9.76. The standard InChI is InChI=1S/C16H16O3/c1-3-7-11-10-8-5-6-9-12(10)15(18)16(19)14(11)13(17)4-2/h3,5-6,8-9,11,19H,1,4,7H2,2H3. The fraction of sp³-hybridized carbons (Fsp3) is 0.250. The molecule has 3 heteroatoms. The molecule has 0 fully saturated rings. The second-order valence-electron chi connectivity index (χ2n) is 4.53. The lowest BCUT2D eigenvalue weighted by Crippen LogP contribution is -2.24. The first kappa shape index (κ1) is 13.3. The average Bonchev–Trinajstić information content (AvgIpc) is 2.44. The SMILES string of the molecule is C=CCC1C(C(=O)CC)=C(O)C(=O)c2ccccc21. The predicted molar refractivity (Wildman–Crippen MR) is 73.3 cm³/mol. The third-order valence-corrected chi connectivity index (χ3v) is 3.42. The fourth-order valence-corrected chi connectivity index (χ4v) is 2.51. The molecule has 3 nitrogen and oxygen atoms in total. The highest BCUT2D eigenvalue weighted by Crippen LogP contribution is 2.38. The smallest absolute Gasteiger partial charge is 0.228 e. The Kier molecular flexibility index (Phi) is 3.65. The van der Waals surface area contributed by atoms with Crippen molar-refractivity contribution in [2.45, 2.75) is 25.7 Å². The van der Waals surface area contributed by atoms with Crippen LogP contribution in [-0.2, 0) is 4.79 Å². The average molecular weight is 256 g/mol. The number of hydrogen-bond donors (Lipinski definition) is 1. The van der Waals surface area contributed by atoms with E-state index in [1.165, 1.54) is 0 Å². The van der Waals surface area contributed by atoms with E-state index in [0.29, 0.717) is 12.0 Å². The Labute approximate surface area is 112 Å². The van der Waals surface area contributed by atoms with Gasteiger partial charge in [-0.05, 0) is 12.0 Å². The zero-order chi connectivity index (χ0) is 14.0. The zero-order valence-electron chi connectivity index (χ0n) is 10.8. The van der Waals surface area contributed by atoms with E-state index in [2.05, 4.69) is 6.58 Å². The number of ketones is 2. The number of benzene rings is 1. The Morgan fingerprint density at radius 1 is 1.42 bits per heavy atom. The molecule has 0 spiro atoms. The van der Waals surface area contributed by atoms with Gasteiger partial charge < -0.3 is 5.11 Å². The summed E-state index contributed by atoms with van der Waals surface area (Å²) >= 11 is 0. The van der Waals surface area contributed by atoms with Crippen LogP contribution in [0.5, 0.6) is 0 Å². The molecule has 0 amide bonds. The van der Waals surface area contributed by atoms with Gasteiger partial charge in [-0.25, -0.2) is 0 Å². The molecule has 1 aliphatic carbocycles. The molecule has 1 aromatic carbocycles. The number of aliphatic hydroxyl groups excluding tert-OH is 1. The molecule has 98 valence electrons. The second-order valence-corrected chi connectivity index (χ2v) is 4.53. The molecule has 0 saturated carbocycles. The lowest BCUT2D eigenvalue weighted by Gasteiger charge is -2.26. The molecular weight excluding hydrogens is 240 g/mol. The number of aliphatic hydroxyl groups is 1. The summed E-state index contributed by atoms with van der Waals surface area (Å²) in [5.41, 5.74) is 1.49. The van der Waals surface area contributed by atoms with Crippen LogP contribution in [0.3, 0.4) is 0 Å². The third kappa shape index (κ3) is 2.12. The summed E-state index contributed by atoms with van der Waals surface area (Å²) in [7, 11) is 0. The summed E-state index contributed by atoms with van der Waals surface area (Å²) < 4.78 is 0. The van der Waals surface area contributed by atoms with Gasteiger partial charge in [-0.1, -0.05) is 37.3 Å². The van der Waals surface area contributed by atoms with Gasteiger partial charge in [0.25, 0.3) is 0 Å². The number of allylic oxidation sites excluding steroid dienone is 3. The molecule has 0 saturated heterocycles. The highest BCUT2D eigenvalue weighted by Gasteiger charge is 2.35. The largest absolute Gasteiger partial charge is 0.504 e. The van der Waals surface area contributed by atoms with Gasteiger partial charge in [0.15, 0.2) is 11.5 Å². The van der Waals surface area contributed by atoms with E-state index in [9.17, 15) is 14.7 Å². The van der Waals surface area contributed by atoms with E-state index in [4.69, 9.17) is 0 Å². The molecule has 1 aliphatic rings. The maximum atomic E-state index is 12.1. The summed E-state index contributed by atoms with van der Waals surface area (Å²) in [6.45, 7) is 5.41. The molecule has 0 aliphatic heterocycles. The molecule has 0 radical (unpaired) electrons.